The van der Waals surface area contributed by atoms with Crippen molar-refractivity contribution in [3.05, 3.63) is 65.0 Å². The van der Waals surface area contributed by atoms with Crippen LogP contribution in [-0.4, -0.2) is 28.1 Å². The van der Waals surface area contributed by atoms with Crippen LogP contribution >= 0.6 is 0 Å². The van der Waals surface area contributed by atoms with Crippen molar-refractivity contribution < 1.29 is 4.57 Å². The van der Waals surface area contributed by atoms with E-state index in [1.165, 1.54) is 33.3 Å². The van der Waals surface area contributed by atoms with E-state index in [2.05, 4.69) is 105 Å². The molecule has 0 saturated carbocycles. The number of aromatic nitrogens is 2. The summed E-state index contributed by atoms with van der Waals surface area (Å²) in [6, 6.07) is 14.5. The molecule has 0 aliphatic carbocycles. The van der Waals surface area contributed by atoms with Crippen LogP contribution < -0.4 is 4.57 Å². The average molecular weight is 379 g/mol. The van der Waals surface area contributed by atoms with Gasteiger partial charge in [0.25, 0.3) is 0 Å². The van der Waals surface area contributed by atoms with Crippen molar-refractivity contribution in [1.82, 2.24) is 9.47 Å². The molecule has 3 rings (SSSR count). The highest BCUT2D eigenvalue weighted by Crippen LogP contribution is 2.18. The van der Waals surface area contributed by atoms with E-state index in [1.807, 2.05) is 0 Å². The largest absolute Gasteiger partial charge is 0.295 e. The Morgan fingerprint density at radius 2 is 1.54 bits per heavy atom. The predicted molar refractivity (Wildman–Crippen MR) is 119 cm³/mol. The number of aryl methyl sites for hydroxylation is 3. The molecule has 0 aliphatic heterocycles. The summed E-state index contributed by atoms with van der Waals surface area (Å²) in [6.45, 7) is 18.8. The molecular formula is C25H36N3+. The predicted octanol–water partition coefficient (Wildman–Crippen LogP) is 5.02. The third kappa shape index (κ3) is 4.30. The second-order valence-corrected chi connectivity index (χ2v) is 8.73. The van der Waals surface area contributed by atoms with Gasteiger partial charge >= 0.3 is 0 Å². The van der Waals surface area contributed by atoms with E-state index in [9.17, 15) is 0 Å². The number of nitrogens with zero attached hydrogens (tertiary/aromatic N) is 3. The Labute approximate surface area is 170 Å². The maximum Gasteiger partial charge on any atom is 0.245 e. The highest BCUT2D eigenvalue weighted by Gasteiger charge is 2.19. The fourth-order valence-electron chi connectivity index (χ4n) is 4.51. The summed E-state index contributed by atoms with van der Waals surface area (Å²) < 4.78 is 4.83. The van der Waals surface area contributed by atoms with Gasteiger partial charge in [-0.05, 0) is 77.3 Å². The summed E-state index contributed by atoms with van der Waals surface area (Å²) in [7, 11) is 0. The van der Waals surface area contributed by atoms with Gasteiger partial charge in [0.2, 0.25) is 6.33 Å². The van der Waals surface area contributed by atoms with Crippen molar-refractivity contribution in [2.45, 2.75) is 73.6 Å². The zero-order valence-corrected chi connectivity index (χ0v) is 18.7. The summed E-state index contributed by atoms with van der Waals surface area (Å²) in [5, 5.41) is 0. The molecule has 0 fully saturated rings. The van der Waals surface area contributed by atoms with Crippen LogP contribution in [0, 0.1) is 20.8 Å². The molecule has 2 aromatic carbocycles. The van der Waals surface area contributed by atoms with E-state index in [0.29, 0.717) is 12.1 Å². The fraction of sp³-hybridized carbons (Fsp3) is 0.480. The summed E-state index contributed by atoms with van der Waals surface area (Å²) in [4.78, 5) is 2.56. The van der Waals surface area contributed by atoms with Gasteiger partial charge in [-0.15, -0.1) is 0 Å². The highest BCUT2D eigenvalue weighted by atomic mass is 15.2. The zero-order chi connectivity index (χ0) is 20.4. The topological polar surface area (TPSA) is 12.0 Å². The Hall–Kier alpha value is -2.13. The molecular weight excluding hydrogens is 342 g/mol. The van der Waals surface area contributed by atoms with Gasteiger partial charge in [0.15, 0.2) is 11.0 Å². The minimum atomic E-state index is 0.562. The number of para-hydroxylation sites is 2. The van der Waals surface area contributed by atoms with E-state index >= 15 is 0 Å². The second kappa shape index (κ2) is 8.48. The molecule has 0 bridgehead atoms. The first-order valence-corrected chi connectivity index (χ1v) is 10.6. The quantitative estimate of drug-likeness (QED) is 0.526. The van der Waals surface area contributed by atoms with Gasteiger partial charge < -0.3 is 0 Å². The van der Waals surface area contributed by atoms with Crippen molar-refractivity contribution in [3.63, 3.8) is 0 Å². The van der Waals surface area contributed by atoms with Crippen molar-refractivity contribution >= 4 is 11.0 Å². The second-order valence-electron chi connectivity index (χ2n) is 8.73. The van der Waals surface area contributed by atoms with Crippen LogP contribution in [-0.2, 0) is 13.1 Å². The lowest BCUT2D eigenvalue weighted by molar-refractivity contribution is -0.663. The smallest absolute Gasteiger partial charge is 0.245 e. The molecule has 0 unspecified atom stereocenters. The molecule has 1 aromatic heterocycles. The number of rotatable bonds is 7. The minimum absolute atomic E-state index is 0.562. The van der Waals surface area contributed by atoms with Gasteiger partial charge in [-0.2, -0.15) is 0 Å². The summed E-state index contributed by atoms with van der Waals surface area (Å²) >= 11 is 0. The molecule has 0 spiro atoms. The Morgan fingerprint density at radius 1 is 0.929 bits per heavy atom. The third-order valence-electron chi connectivity index (χ3n) is 5.87. The van der Waals surface area contributed by atoms with Gasteiger partial charge in [0, 0.05) is 18.6 Å². The van der Waals surface area contributed by atoms with Crippen molar-refractivity contribution in [2.75, 3.05) is 6.54 Å². The van der Waals surface area contributed by atoms with Crippen LogP contribution in [0.15, 0.2) is 42.7 Å². The molecule has 0 amide bonds. The number of hydrogen-bond donors (Lipinski definition) is 0. The van der Waals surface area contributed by atoms with Crippen molar-refractivity contribution in [2.24, 2.45) is 0 Å². The molecule has 0 radical (unpaired) electrons. The SMILES string of the molecule is Cc1cc(C)c(C[n+]2cn(CCN(C(C)C)C(C)C)c3ccccc32)c(C)c1. The third-order valence-corrected chi connectivity index (χ3v) is 5.87. The van der Waals surface area contributed by atoms with E-state index in [1.54, 1.807) is 0 Å². The van der Waals surface area contributed by atoms with Crippen LogP contribution in [0.5, 0.6) is 0 Å². The van der Waals surface area contributed by atoms with Crippen LogP contribution in [0.25, 0.3) is 11.0 Å². The van der Waals surface area contributed by atoms with E-state index in [4.69, 9.17) is 0 Å². The fourth-order valence-corrected chi connectivity index (χ4v) is 4.51. The lowest BCUT2D eigenvalue weighted by Gasteiger charge is -2.29. The van der Waals surface area contributed by atoms with Gasteiger partial charge in [-0.3, -0.25) is 4.90 Å². The zero-order valence-electron chi connectivity index (χ0n) is 18.7. The molecule has 0 saturated heterocycles. The molecule has 28 heavy (non-hydrogen) atoms. The first-order valence-electron chi connectivity index (χ1n) is 10.6. The number of fused-ring (bicyclic) bond motifs is 1. The molecule has 3 aromatic rings. The Morgan fingerprint density at radius 3 is 2.14 bits per heavy atom. The van der Waals surface area contributed by atoms with E-state index in [0.717, 1.165) is 19.6 Å². The maximum atomic E-state index is 2.56. The van der Waals surface area contributed by atoms with Gasteiger partial charge in [-0.25, -0.2) is 9.13 Å². The number of imidazole rings is 1. The van der Waals surface area contributed by atoms with E-state index < -0.39 is 0 Å². The Balaban J connectivity index is 1.93. The maximum absolute atomic E-state index is 2.56. The van der Waals surface area contributed by atoms with Crippen LogP contribution in [0.4, 0.5) is 0 Å². The average Bonchev–Trinajstić information content (AvgIpc) is 2.95. The first-order chi connectivity index (χ1) is 13.3. The van der Waals surface area contributed by atoms with Gasteiger partial charge in [-0.1, -0.05) is 29.8 Å². The van der Waals surface area contributed by atoms with Gasteiger partial charge in [0.1, 0.15) is 13.1 Å². The molecule has 3 nitrogen and oxygen atoms in total. The van der Waals surface area contributed by atoms with Gasteiger partial charge in [0.05, 0.1) is 0 Å². The summed E-state index contributed by atoms with van der Waals surface area (Å²) in [5.41, 5.74) is 8.17. The Bertz CT molecular complexity index is 919. The molecule has 0 N–H and O–H groups in total. The summed E-state index contributed by atoms with van der Waals surface area (Å²) in [6.07, 6.45) is 2.31. The lowest BCUT2D eigenvalue weighted by Crippen LogP contribution is -2.39. The molecule has 1 heterocycles. The highest BCUT2D eigenvalue weighted by molar-refractivity contribution is 5.71. The first kappa shape index (κ1) is 20.6. The molecule has 150 valence electrons. The number of benzene rings is 2. The van der Waals surface area contributed by atoms with Crippen molar-refractivity contribution in [3.8, 4) is 0 Å². The normalized spacial score (nSPS) is 12.1. The molecule has 3 heteroatoms. The number of hydrogen-bond acceptors (Lipinski definition) is 1. The monoisotopic (exact) mass is 378 g/mol. The van der Waals surface area contributed by atoms with Crippen molar-refractivity contribution in [1.29, 1.82) is 0 Å². The summed E-state index contributed by atoms with van der Waals surface area (Å²) in [5.74, 6) is 0. The van der Waals surface area contributed by atoms with Crippen LogP contribution in [0.3, 0.4) is 0 Å². The molecule has 0 atom stereocenters. The lowest BCUT2D eigenvalue weighted by atomic mass is 10.00. The standard InChI is InChI=1S/C25H36N3/c1-18(2)28(19(3)4)13-12-26-17-27(25-11-9-8-10-24(25)26)16-23-21(6)14-20(5)15-22(23)7/h8-11,14-15,17-19H,12-13,16H2,1-7H3/q+1. The van der Waals surface area contributed by atoms with Crippen LogP contribution in [0.2, 0.25) is 0 Å². The minimum Gasteiger partial charge on any atom is -0.295 e. The van der Waals surface area contributed by atoms with E-state index in [-0.39, 0.29) is 0 Å². The van der Waals surface area contributed by atoms with Crippen LogP contribution in [0.1, 0.15) is 49.9 Å². The molecule has 0 aliphatic rings. The Kier molecular flexibility index (Phi) is 6.24.